The fraction of sp³-hybridized carbons (Fsp3) is 0.455. The van der Waals surface area contributed by atoms with Crippen LogP contribution in [0.15, 0.2) is 36.4 Å². The van der Waals surface area contributed by atoms with Crippen LogP contribution in [0.25, 0.3) is 11.3 Å². The Kier molecular flexibility index (Phi) is 5.67. The van der Waals surface area contributed by atoms with Crippen molar-refractivity contribution in [2.45, 2.75) is 57.7 Å². The van der Waals surface area contributed by atoms with Gasteiger partial charge < -0.3 is 4.55 Å². The maximum Gasteiger partial charge on any atom is 0.178 e. The molecule has 0 spiro atoms. The lowest BCUT2D eigenvalue weighted by atomic mass is 9.87. The monoisotopic (exact) mass is 402 g/mol. The number of nitrogens with zero attached hydrogens (tertiary/aromatic N) is 1. The van der Waals surface area contributed by atoms with E-state index in [4.69, 9.17) is 0 Å². The molecule has 2 aromatic rings. The highest BCUT2D eigenvalue weighted by molar-refractivity contribution is 7.90. The van der Waals surface area contributed by atoms with Crippen molar-refractivity contribution in [3.8, 4) is 11.3 Å². The molecule has 0 aliphatic heterocycles. The summed E-state index contributed by atoms with van der Waals surface area (Å²) in [7, 11) is 0. The zero-order valence-corrected chi connectivity index (χ0v) is 17.8. The molecule has 1 heterocycles. The molecule has 2 atom stereocenters. The van der Waals surface area contributed by atoms with Crippen LogP contribution in [0.3, 0.4) is 0 Å². The smallest absolute Gasteiger partial charge is 0.178 e. The lowest BCUT2D eigenvalue weighted by Crippen LogP contribution is -2.51. The van der Waals surface area contributed by atoms with Crippen LogP contribution in [0.2, 0.25) is 0 Å². The Morgan fingerprint density at radius 2 is 1.79 bits per heavy atom. The van der Waals surface area contributed by atoms with E-state index in [2.05, 4.69) is 9.71 Å². The molecule has 1 aliphatic carbocycles. The van der Waals surface area contributed by atoms with E-state index in [-0.39, 0.29) is 11.6 Å². The summed E-state index contributed by atoms with van der Waals surface area (Å²) in [6.45, 7) is 9.32. The summed E-state index contributed by atoms with van der Waals surface area (Å²) >= 11 is -1.26. The van der Waals surface area contributed by atoms with E-state index in [0.29, 0.717) is 17.3 Å². The first kappa shape index (κ1) is 21.0. The average molecular weight is 403 g/mol. The van der Waals surface area contributed by atoms with Crippen molar-refractivity contribution in [1.82, 2.24) is 9.71 Å². The van der Waals surface area contributed by atoms with Crippen molar-refractivity contribution in [3.05, 3.63) is 53.5 Å². The Hall–Kier alpha value is -1.76. The zero-order chi connectivity index (χ0) is 20.7. The van der Waals surface area contributed by atoms with Crippen molar-refractivity contribution >= 4 is 17.1 Å². The number of hydrogen-bond acceptors (Lipinski definition) is 4. The van der Waals surface area contributed by atoms with Gasteiger partial charge in [-0.15, -0.1) is 4.72 Å². The summed E-state index contributed by atoms with van der Waals surface area (Å²) in [4.78, 5) is 16.6. The van der Waals surface area contributed by atoms with Crippen molar-refractivity contribution in [1.29, 1.82) is 0 Å². The van der Waals surface area contributed by atoms with Gasteiger partial charge in [0.05, 0.1) is 11.2 Å². The zero-order valence-electron chi connectivity index (χ0n) is 17.0. The molecule has 2 unspecified atom stereocenters. The van der Waals surface area contributed by atoms with Crippen LogP contribution >= 0.6 is 0 Å². The summed E-state index contributed by atoms with van der Waals surface area (Å²) in [5.74, 6) is -0.126. The Balaban J connectivity index is 2.09. The van der Waals surface area contributed by atoms with Crippen LogP contribution in [0, 0.1) is 11.7 Å². The number of hydrogen-bond donors (Lipinski definition) is 1. The average Bonchev–Trinajstić information content (AvgIpc) is 3.46. The van der Waals surface area contributed by atoms with Gasteiger partial charge in [-0.3, -0.25) is 4.79 Å². The van der Waals surface area contributed by atoms with Gasteiger partial charge in [-0.25, -0.2) is 9.37 Å². The van der Waals surface area contributed by atoms with Gasteiger partial charge in [0.25, 0.3) is 0 Å². The number of carbonyl (C=O) groups excluding carboxylic acids is 1. The van der Waals surface area contributed by atoms with E-state index in [9.17, 15) is 13.7 Å². The molecule has 150 valence electrons. The molecule has 1 aliphatic rings. The molecule has 1 fully saturated rings. The summed E-state index contributed by atoms with van der Waals surface area (Å²) < 4.78 is 29.1. The number of aromatic nitrogens is 1. The maximum absolute atomic E-state index is 13.3. The van der Waals surface area contributed by atoms with Gasteiger partial charge in [-0.1, -0.05) is 0 Å². The van der Waals surface area contributed by atoms with Crippen molar-refractivity contribution in [2.24, 2.45) is 5.92 Å². The number of benzene rings is 1. The predicted octanol–water partition coefficient (Wildman–Crippen LogP) is 4.77. The second kappa shape index (κ2) is 7.58. The molecule has 6 heteroatoms. The van der Waals surface area contributed by atoms with Gasteiger partial charge >= 0.3 is 0 Å². The van der Waals surface area contributed by atoms with Gasteiger partial charge in [0.2, 0.25) is 0 Å². The lowest BCUT2D eigenvalue weighted by Gasteiger charge is -2.36. The third-order valence-corrected chi connectivity index (χ3v) is 6.90. The van der Waals surface area contributed by atoms with E-state index in [0.717, 1.165) is 24.0 Å². The molecule has 1 N–H and O–H groups in total. The Bertz CT molecular complexity index is 875. The van der Waals surface area contributed by atoms with Gasteiger partial charge in [-0.05, 0) is 88.4 Å². The minimum Gasteiger partial charge on any atom is -0.598 e. The molecule has 0 saturated heterocycles. The molecular formula is C22H27FN2O2S. The molecule has 1 aromatic heterocycles. The third-order valence-electron chi connectivity index (χ3n) is 5.18. The second-order valence-electron chi connectivity index (χ2n) is 8.65. The number of carbonyl (C=O) groups is 1. The summed E-state index contributed by atoms with van der Waals surface area (Å²) in [5, 5.41) is 0. The van der Waals surface area contributed by atoms with Crippen LogP contribution in [0.1, 0.15) is 63.5 Å². The summed E-state index contributed by atoms with van der Waals surface area (Å²) in [6.07, 6.45) is 2.07. The predicted molar refractivity (Wildman–Crippen MR) is 111 cm³/mol. The van der Waals surface area contributed by atoms with Crippen LogP contribution in [-0.4, -0.2) is 20.1 Å². The number of rotatable bonds is 6. The topological polar surface area (TPSA) is 65.0 Å². The quantitative estimate of drug-likeness (QED) is 0.558. The van der Waals surface area contributed by atoms with E-state index < -0.39 is 21.6 Å². The van der Waals surface area contributed by atoms with Gasteiger partial charge in [0.1, 0.15) is 16.3 Å². The Labute approximate surface area is 169 Å². The van der Waals surface area contributed by atoms with Crippen LogP contribution in [0.4, 0.5) is 4.39 Å². The van der Waals surface area contributed by atoms with Gasteiger partial charge in [-0.2, -0.15) is 0 Å². The summed E-state index contributed by atoms with van der Waals surface area (Å²) in [5.41, 5.74) is 2.04. The number of Topliss-reactive ketones (excluding diaryl/α,β-unsaturated/α-hetero) is 1. The molecule has 0 amide bonds. The van der Waals surface area contributed by atoms with E-state index in [1.807, 2.05) is 33.8 Å². The molecule has 1 saturated carbocycles. The normalized spacial score (nSPS) is 17.8. The first-order valence-corrected chi connectivity index (χ1v) is 10.6. The highest BCUT2D eigenvalue weighted by Gasteiger charge is 2.48. The maximum atomic E-state index is 13.3. The van der Waals surface area contributed by atoms with Crippen molar-refractivity contribution in [2.75, 3.05) is 0 Å². The molecule has 4 nitrogen and oxygen atoms in total. The second-order valence-corrected chi connectivity index (χ2v) is 10.6. The minimum absolute atomic E-state index is 0.139. The molecule has 3 rings (SSSR count). The van der Waals surface area contributed by atoms with Crippen LogP contribution < -0.4 is 4.72 Å². The highest BCUT2D eigenvalue weighted by atomic mass is 32.2. The van der Waals surface area contributed by atoms with Crippen molar-refractivity contribution in [3.63, 3.8) is 0 Å². The van der Waals surface area contributed by atoms with Crippen LogP contribution in [0.5, 0.6) is 0 Å². The van der Waals surface area contributed by atoms with E-state index >= 15 is 0 Å². The van der Waals surface area contributed by atoms with E-state index in [1.165, 1.54) is 19.1 Å². The standard InChI is InChI=1S/C22H27FN2O2S/c1-14(26)19-12-17(13-20(24-19)15-6-10-18(23)11-7-15)22(5,16-8-9-16)25-28(27)21(2,3)4/h6-7,10-13,16,25H,8-9H2,1-5H3. The fourth-order valence-electron chi connectivity index (χ4n) is 3.16. The third kappa shape index (κ3) is 4.45. The molecular weight excluding hydrogens is 375 g/mol. The SMILES string of the molecule is CC(=O)c1cc(C(C)(N[S+]([O-])C(C)(C)C)C2CC2)cc(-c2ccc(F)cc2)n1. The Morgan fingerprint density at radius 3 is 2.29 bits per heavy atom. The first-order valence-electron chi connectivity index (χ1n) is 9.50. The Morgan fingerprint density at radius 1 is 1.18 bits per heavy atom. The largest absolute Gasteiger partial charge is 0.598 e. The molecule has 0 bridgehead atoms. The lowest BCUT2D eigenvalue weighted by molar-refractivity contribution is 0.101. The van der Waals surface area contributed by atoms with E-state index in [1.54, 1.807) is 18.2 Å². The minimum atomic E-state index is -1.26. The highest BCUT2D eigenvalue weighted by Crippen LogP contribution is 2.47. The van der Waals surface area contributed by atoms with Gasteiger partial charge in [0, 0.05) is 23.8 Å². The first-order chi connectivity index (χ1) is 13.0. The van der Waals surface area contributed by atoms with Crippen LogP contribution in [-0.2, 0) is 16.9 Å². The summed E-state index contributed by atoms with van der Waals surface area (Å²) in [6, 6.07) is 9.78. The molecule has 28 heavy (non-hydrogen) atoms. The van der Waals surface area contributed by atoms with Crippen molar-refractivity contribution < 1.29 is 13.7 Å². The number of halogens is 1. The fourth-order valence-corrected chi connectivity index (χ4v) is 4.14. The molecule has 0 radical (unpaired) electrons. The molecule has 1 aromatic carbocycles. The van der Waals surface area contributed by atoms with Gasteiger partial charge in [0.15, 0.2) is 5.78 Å². The number of ketones is 1. The number of nitrogens with one attached hydrogen (secondary N) is 1. The number of pyridine rings is 1.